The molecule has 1 heterocycles. The third kappa shape index (κ3) is 3.10. The van der Waals surface area contributed by atoms with Crippen LogP contribution >= 0.6 is 0 Å². The smallest absolute Gasteiger partial charge is 0.315 e. The van der Waals surface area contributed by atoms with Crippen LogP contribution in [0.2, 0.25) is 0 Å². The van der Waals surface area contributed by atoms with E-state index in [-0.39, 0.29) is 24.4 Å². The molecule has 72 valence electrons. The van der Waals surface area contributed by atoms with Crippen LogP contribution < -0.4 is 5.32 Å². The monoisotopic (exact) mass is 185 g/mol. The van der Waals surface area contributed by atoms with E-state index in [4.69, 9.17) is 9.52 Å². The lowest BCUT2D eigenvalue weighted by atomic mass is 10.4. The summed E-state index contributed by atoms with van der Waals surface area (Å²) in [6.07, 6.45) is -0.243. The fraction of sp³-hybridized carbons (Fsp3) is 0.571. The molecule has 0 bridgehead atoms. The van der Waals surface area contributed by atoms with Gasteiger partial charge in [0.15, 0.2) is 0 Å². The van der Waals surface area contributed by atoms with Crippen molar-refractivity contribution in [3.63, 3.8) is 0 Å². The Morgan fingerprint density at radius 1 is 1.62 bits per heavy atom. The Hall–Kier alpha value is -1.59. The summed E-state index contributed by atoms with van der Waals surface area (Å²) >= 11 is 0. The van der Waals surface area contributed by atoms with Crippen molar-refractivity contribution in [1.29, 1.82) is 0 Å². The maximum absolute atomic E-state index is 10.3. The Bertz CT molecular complexity index is 295. The third-order valence-electron chi connectivity index (χ3n) is 1.18. The van der Waals surface area contributed by atoms with Crippen molar-refractivity contribution < 1.29 is 14.3 Å². The zero-order valence-electron chi connectivity index (χ0n) is 7.44. The summed E-state index contributed by atoms with van der Waals surface area (Å²) in [7, 11) is 0. The van der Waals surface area contributed by atoms with E-state index in [9.17, 15) is 4.79 Å². The Morgan fingerprint density at radius 2 is 2.31 bits per heavy atom. The Balaban J connectivity index is 2.58. The lowest BCUT2D eigenvalue weighted by molar-refractivity contribution is -0.136. The number of carbonyl (C=O) groups is 1. The van der Waals surface area contributed by atoms with Crippen molar-refractivity contribution in [3.8, 4) is 0 Å². The maximum atomic E-state index is 10.3. The molecular weight excluding hydrogens is 174 g/mol. The topological polar surface area (TPSA) is 88.2 Å². The Kier molecular flexibility index (Phi) is 2.84. The molecule has 0 unspecified atom stereocenters. The predicted octanol–water partition coefficient (Wildman–Crippen LogP) is 0.517. The molecule has 1 aromatic heterocycles. The molecule has 6 heteroatoms. The molecule has 1 rings (SSSR count). The van der Waals surface area contributed by atoms with Crippen molar-refractivity contribution in [1.82, 2.24) is 10.2 Å². The predicted molar refractivity (Wildman–Crippen MR) is 44.4 cm³/mol. The van der Waals surface area contributed by atoms with Crippen molar-refractivity contribution in [2.75, 3.05) is 5.32 Å². The van der Waals surface area contributed by atoms with Crippen LogP contribution in [0.3, 0.4) is 0 Å². The third-order valence-corrected chi connectivity index (χ3v) is 1.18. The first-order valence-corrected chi connectivity index (χ1v) is 3.88. The fourth-order valence-corrected chi connectivity index (χ4v) is 0.760. The molecule has 0 radical (unpaired) electrons. The number of aromatic nitrogens is 2. The van der Waals surface area contributed by atoms with Gasteiger partial charge in [-0.2, -0.15) is 0 Å². The van der Waals surface area contributed by atoms with Gasteiger partial charge in [0, 0.05) is 6.04 Å². The maximum Gasteiger partial charge on any atom is 0.315 e. The van der Waals surface area contributed by atoms with E-state index in [1.54, 1.807) is 0 Å². The zero-order valence-corrected chi connectivity index (χ0v) is 7.44. The number of nitrogens with one attached hydrogen (secondary N) is 1. The highest BCUT2D eigenvalue weighted by atomic mass is 16.4. The van der Waals surface area contributed by atoms with Crippen molar-refractivity contribution in [2.24, 2.45) is 0 Å². The van der Waals surface area contributed by atoms with Gasteiger partial charge in [-0.1, -0.05) is 5.10 Å². The van der Waals surface area contributed by atoms with Gasteiger partial charge in [-0.05, 0) is 13.8 Å². The largest absolute Gasteiger partial charge is 0.481 e. The molecule has 0 aliphatic carbocycles. The first-order chi connectivity index (χ1) is 6.08. The molecule has 0 aliphatic rings. The first-order valence-electron chi connectivity index (χ1n) is 3.88. The highest BCUT2D eigenvalue weighted by molar-refractivity contribution is 5.68. The number of anilines is 1. The van der Waals surface area contributed by atoms with Gasteiger partial charge in [0.1, 0.15) is 6.42 Å². The van der Waals surface area contributed by atoms with Crippen LogP contribution in [0.1, 0.15) is 19.7 Å². The summed E-state index contributed by atoms with van der Waals surface area (Å²) in [6.45, 7) is 3.84. The molecule has 0 saturated carbocycles. The second kappa shape index (κ2) is 3.88. The molecule has 0 aliphatic heterocycles. The van der Waals surface area contributed by atoms with Crippen molar-refractivity contribution in [2.45, 2.75) is 26.3 Å². The van der Waals surface area contributed by atoms with E-state index in [0.29, 0.717) is 0 Å². The quantitative estimate of drug-likeness (QED) is 0.710. The fourth-order valence-electron chi connectivity index (χ4n) is 0.760. The normalized spacial score (nSPS) is 10.4. The zero-order chi connectivity index (χ0) is 9.84. The van der Waals surface area contributed by atoms with E-state index < -0.39 is 5.97 Å². The minimum Gasteiger partial charge on any atom is -0.481 e. The van der Waals surface area contributed by atoms with Gasteiger partial charge in [-0.25, -0.2) is 0 Å². The van der Waals surface area contributed by atoms with Crippen LogP contribution in [0.25, 0.3) is 0 Å². The molecular formula is C7H11N3O3. The average molecular weight is 185 g/mol. The number of aliphatic carboxylic acids is 1. The molecule has 6 nitrogen and oxygen atoms in total. The molecule has 0 atom stereocenters. The van der Waals surface area contributed by atoms with Crippen LogP contribution in [0.5, 0.6) is 0 Å². The van der Waals surface area contributed by atoms with Crippen LogP contribution in [0.4, 0.5) is 6.01 Å². The van der Waals surface area contributed by atoms with Crippen LogP contribution in [0, 0.1) is 0 Å². The molecule has 13 heavy (non-hydrogen) atoms. The minimum atomic E-state index is -0.986. The van der Waals surface area contributed by atoms with E-state index in [1.807, 2.05) is 13.8 Å². The van der Waals surface area contributed by atoms with Gasteiger partial charge in [0.05, 0.1) is 0 Å². The minimum absolute atomic E-state index is 0.107. The van der Waals surface area contributed by atoms with E-state index in [1.165, 1.54) is 0 Å². The lowest BCUT2D eigenvalue weighted by Gasteiger charge is -2.01. The Labute approximate surface area is 75.0 Å². The number of hydrogen-bond acceptors (Lipinski definition) is 5. The molecule has 0 fully saturated rings. The van der Waals surface area contributed by atoms with Crippen LogP contribution in [-0.2, 0) is 11.2 Å². The number of nitrogens with zero attached hydrogens (tertiary/aromatic N) is 2. The van der Waals surface area contributed by atoms with E-state index >= 15 is 0 Å². The van der Waals surface area contributed by atoms with Crippen molar-refractivity contribution >= 4 is 12.0 Å². The van der Waals surface area contributed by atoms with Gasteiger partial charge >= 0.3 is 12.0 Å². The van der Waals surface area contributed by atoms with Crippen molar-refractivity contribution in [3.05, 3.63) is 5.89 Å². The molecule has 0 saturated heterocycles. The van der Waals surface area contributed by atoms with Gasteiger partial charge < -0.3 is 14.8 Å². The summed E-state index contributed by atoms with van der Waals surface area (Å²) in [6, 6.07) is 0.435. The second-order valence-corrected chi connectivity index (χ2v) is 2.87. The Morgan fingerprint density at radius 3 is 2.85 bits per heavy atom. The van der Waals surface area contributed by atoms with Gasteiger partial charge in [-0.15, -0.1) is 5.10 Å². The SMILES string of the molecule is CC(C)Nc1nnc(CC(=O)O)o1. The first kappa shape index (κ1) is 9.50. The van der Waals surface area contributed by atoms with Gasteiger partial charge in [-0.3, -0.25) is 4.79 Å². The molecule has 1 aromatic rings. The highest BCUT2D eigenvalue weighted by Gasteiger charge is 2.09. The summed E-state index contributed by atoms with van der Waals surface area (Å²) in [5.74, 6) is -0.879. The number of rotatable bonds is 4. The summed E-state index contributed by atoms with van der Waals surface area (Å²) in [5, 5.41) is 18.4. The molecule has 2 N–H and O–H groups in total. The summed E-state index contributed by atoms with van der Waals surface area (Å²) < 4.78 is 4.99. The van der Waals surface area contributed by atoms with E-state index in [0.717, 1.165) is 0 Å². The van der Waals surface area contributed by atoms with Gasteiger partial charge in [0.25, 0.3) is 0 Å². The average Bonchev–Trinajstić information content (AvgIpc) is 2.33. The molecule has 0 amide bonds. The highest BCUT2D eigenvalue weighted by Crippen LogP contribution is 2.06. The lowest BCUT2D eigenvalue weighted by Crippen LogP contribution is -2.09. The summed E-state index contributed by atoms with van der Waals surface area (Å²) in [4.78, 5) is 10.3. The van der Waals surface area contributed by atoms with Gasteiger partial charge in [0.2, 0.25) is 5.89 Å². The number of carboxylic acids is 1. The van der Waals surface area contributed by atoms with Crippen LogP contribution in [0.15, 0.2) is 4.42 Å². The standard InChI is InChI=1S/C7H11N3O3/c1-4(2)8-7-10-9-5(13-7)3-6(11)12/h4H,3H2,1-2H3,(H,8,10)(H,11,12). The number of carboxylic acid groups (broad SMARTS) is 1. The van der Waals surface area contributed by atoms with E-state index in [2.05, 4.69) is 15.5 Å². The second-order valence-electron chi connectivity index (χ2n) is 2.87. The molecule has 0 spiro atoms. The molecule has 0 aromatic carbocycles. The summed E-state index contributed by atoms with van der Waals surface area (Å²) in [5.41, 5.74) is 0. The van der Waals surface area contributed by atoms with Crippen LogP contribution in [-0.4, -0.2) is 27.3 Å². The number of hydrogen-bond donors (Lipinski definition) is 2.